The van der Waals surface area contributed by atoms with Crippen molar-refractivity contribution in [2.75, 3.05) is 0 Å². The van der Waals surface area contributed by atoms with Gasteiger partial charge in [-0.25, -0.2) is 9.18 Å². The van der Waals surface area contributed by atoms with Gasteiger partial charge < -0.3 is 20.2 Å². The van der Waals surface area contributed by atoms with E-state index >= 15 is 0 Å². The number of rotatable bonds is 4. The van der Waals surface area contributed by atoms with Crippen molar-refractivity contribution in [3.8, 4) is 11.3 Å². The molecule has 1 aliphatic heterocycles. The lowest BCUT2D eigenvalue weighted by Crippen LogP contribution is -2.66. The third-order valence-electron chi connectivity index (χ3n) is 5.49. The number of carbonyl (C=O) groups excluding carboxylic acids is 2. The predicted molar refractivity (Wildman–Crippen MR) is 108 cm³/mol. The molecule has 1 fully saturated rings. The van der Waals surface area contributed by atoms with Gasteiger partial charge in [0.05, 0.1) is 0 Å². The van der Waals surface area contributed by atoms with E-state index in [1.54, 1.807) is 6.92 Å². The minimum atomic E-state index is -5.31. The molecule has 2 heterocycles. The van der Waals surface area contributed by atoms with Crippen LogP contribution in [0.5, 0.6) is 0 Å². The molecule has 6 nitrogen and oxygen atoms in total. The van der Waals surface area contributed by atoms with Gasteiger partial charge in [-0.2, -0.15) is 13.2 Å². The second kappa shape index (κ2) is 8.04. The Hall–Kier alpha value is -3.66. The van der Waals surface area contributed by atoms with Crippen LogP contribution in [0.15, 0.2) is 65.1 Å². The van der Waals surface area contributed by atoms with Crippen molar-refractivity contribution in [1.82, 2.24) is 10.6 Å². The minimum absolute atomic E-state index is 0.0964. The average Bonchev–Trinajstić information content (AvgIpc) is 3.23. The fourth-order valence-electron chi connectivity index (χ4n) is 3.85. The van der Waals surface area contributed by atoms with Crippen LogP contribution in [-0.2, 0) is 10.5 Å². The van der Waals surface area contributed by atoms with Crippen LogP contribution < -0.4 is 10.6 Å². The standard InChI is InChI=1S/C23H18F4N2O4/c1-12-2-6-14(7-3-12)22(32)18(20(30)23(25,26)27)19(28-21(31)29-22)17-11-10-16(33-17)13-4-8-15(24)9-5-13/h2-11,18-19,32H,1H3,(H2,28,29,31)/t18-,19-,22+/m0/s1. The van der Waals surface area contributed by atoms with E-state index < -0.39 is 41.5 Å². The average molecular weight is 462 g/mol. The highest BCUT2D eigenvalue weighted by atomic mass is 19.4. The van der Waals surface area contributed by atoms with Gasteiger partial charge in [0.15, 0.2) is 5.72 Å². The van der Waals surface area contributed by atoms with E-state index in [4.69, 9.17) is 4.42 Å². The molecule has 0 bridgehead atoms. The number of aryl methyl sites for hydroxylation is 1. The highest BCUT2D eigenvalue weighted by molar-refractivity contribution is 5.91. The van der Waals surface area contributed by atoms with Crippen molar-refractivity contribution in [3.05, 3.63) is 83.4 Å². The first kappa shape index (κ1) is 22.5. The number of Topliss-reactive ketones (excluding diaryl/α,β-unsaturated/α-hetero) is 1. The van der Waals surface area contributed by atoms with E-state index in [-0.39, 0.29) is 17.1 Å². The molecule has 0 aliphatic carbocycles. The van der Waals surface area contributed by atoms with Crippen LogP contribution in [0.25, 0.3) is 11.3 Å². The number of nitrogens with one attached hydrogen (secondary N) is 2. The summed E-state index contributed by atoms with van der Waals surface area (Å²) in [5.74, 6) is -4.95. The topological polar surface area (TPSA) is 91.6 Å². The largest absolute Gasteiger partial charge is 0.459 e. The summed E-state index contributed by atoms with van der Waals surface area (Å²) in [4.78, 5) is 24.9. The van der Waals surface area contributed by atoms with E-state index in [1.165, 1.54) is 60.7 Å². The summed E-state index contributed by atoms with van der Waals surface area (Å²) in [6.07, 6.45) is -5.31. The molecule has 172 valence electrons. The van der Waals surface area contributed by atoms with Gasteiger partial charge in [-0.1, -0.05) is 29.8 Å². The third kappa shape index (κ3) is 4.21. The van der Waals surface area contributed by atoms with Gasteiger partial charge in [0.2, 0.25) is 5.78 Å². The molecule has 3 atom stereocenters. The first-order valence-electron chi connectivity index (χ1n) is 9.84. The lowest BCUT2D eigenvalue weighted by Gasteiger charge is -2.44. The van der Waals surface area contributed by atoms with Crippen LogP contribution >= 0.6 is 0 Å². The Morgan fingerprint density at radius 3 is 2.27 bits per heavy atom. The molecule has 2 aromatic carbocycles. The van der Waals surface area contributed by atoms with Gasteiger partial charge in [0, 0.05) is 11.1 Å². The number of ketones is 1. The second-order valence-electron chi connectivity index (χ2n) is 7.76. The van der Waals surface area contributed by atoms with E-state index in [9.17, 15) is 32.3 Å². The zero-order valence-corrected chi connectivity index (χ0v) is 17.1. The van der Waals surface area contributed by atoms with Crippen LogP contribution in [0.4, 0.5) is 22.4 Å². The number of halogens is 4. The molecule has 0 unspecified atom stereocenters. The summed E-state index contributed by atoms with van der Waals surface area (Å²) >= 11 is 0. The number of urea groups is 1. The normalized spacial score (nSPS) is 23.0. The number of aliphatic hydroxyl groups is 1. The highest BCUT2D eigenvalue weighted by Crippen LogP contribution is 2.43. The molecule has 3 N–H and O–H groups in total. The molecule has 1 saturated heterocycles. The maximum Gasteiger partial charge on any atom is 0.450 e. The van der Waals surface area contributed by atoms with E-state index in [1.807, 2.05) is 0 Å². The molecular weight excluding hydrogens is 444 g/mol. The van der Waals surface area contributed by atoms with Gasteiger partial charge in [-0.15, -0.1) is 0 Å². The van der Waals surface area contributed by atoms with Crippen molar-refractivity contribution in [3.63, 3.8) is 0 Å². The predicted octanol–water partition coefficient (Wildman–Crippen LogP) is 4.34. The van der Waals surface area contributed by atoms with Crippen LogP contribution in [0, 0.1) is 18.7 Å². The molecule has 0 spiro atoms. The molecule has 1 aliphatic rings. The number of alkyl halides is 3. The lowest BCUT2D eigenvalue weighted by molar-refractivity contribution is -0.190. The molecule has 2 amide bonds. The number of hydrogen-bond acceptors (Lipinski definition) is 4. The highest BCUT2D eigenvalue weighted by Gasteiger charge is 2.60. The van der Waals surface area contributed by atoms with Crippen molar-refractivity contribution in [2.45, 2.75) is 24.9 Å². The van der Waals surface area contributed by atoms with E-state index in [0.29, 0.717) is 5.56 Å². The Morgan fingerprint density at radius 1 is 1.03 bits per heavy atom. The number of furan rings is 1. The lowest BCUT2D eigenvalue weighted by atomic mass is 9.77. The maximum atomic E-state index is 13.6. The Balaban J connectivity index is 1.82. The summed E-state index contributed by atoms with van der Waals surface area (Å²) < 4.78 is 59.6. The Morgan fingerprint density at radius 2 is 1.67 bits per heavy atom. The van der Waals surface area contributed by atoms with Crippen LogP contribution in [0.2, 0.25) is 0 Å². The first-order chi connectivity index (χ1) is 15.5. The maximum absolute atomic E-state index is 13.6. The monoisotopic (exact) mass is 462 g/mol. The van der Waals surface area contributed by atoms with Crippen LogP contribution in [0.3, 0.4) is 0 Å². The molecule has 3 aromatic rings. The van der Waals surface area contributed by atoms with Crippen molar-refractivity contribution >= 4 is 11.8 Å². The number of carbonyl (C=O) groups is 2. The Labute approximate surface area is 185 Å². The first-order valence-corrected chi connectivity index (χ1v) is 9.84. The van der Waals surface area contributed by atoms with Gasteiger partial charge >= 0.3 is 12.2 Å². The van der Waals surface area contributed by atoms with Crippen molar-refractivity contribution in [1.29, 1.82) is 0 Å². The third-order valence-corrected chi connectivity index (χ3v) is 5.49. The van der Waals surface area contributed by atoms with E-state index in [0.717, 1.165) is 5.56 Å². The number of amides is 2. The van der Waals surface area contributed by atoms with Crippen LogP contribution in [0.1, 0.15) is 22.9 Å². The zero-order chi connectivity index (χ0) is 24.0. The van der Waals surface area contributed by atoms with Crippen LogP contribution in [-0.4, -0.2) is 23.1 Å². The van der Waals surface area contributed by atoms with Gasteiger partial charge in [0.25, 0.3) is 0 Å². The quantitative estimate of drug-likeness (QED) is 0.503. The SMILES string of the molecule is Cc1ccc([C@]2(O)NC(=O)N[C@@H](c3ccc(-c4ccc(F)cc4)o3)[C@H]2C(=O)C(F)(F)F)cc1. The van der Waals surface area contributed by atoms with Crippen molar-refractivity contribution in [2.24, 2.45) is 5.92 Å². The summed E-state index contributed by atoms with van der Waals surface area (Å²) in [6.45, 7) is 1.73. The fraction of sp³-hybridized carbons (Fsp3) is 0.217. The van der Waals surface area contributed by atoms with E-state index in [2.05, 4.69) is 10.6 Å². The molecule has 33 heavy (non-hydrogen) atoms. The molecule has 0 saturated carbocycles. The second-order valence-corrected chi connectivity index (χ2v) is 7.76. The smallest absolute Gasteiger partial charge is 0.450 e. The summed E-state index contributed by atoms with van der Waals surface area (Å²) in [5.41, 5.74) is -1.58. The molecule has 4 rings (SSSR count). The number of benzene rings is 2. The molecular formula is C23H18F4N2O4. The Bertz CT molecular complexity index is 1190. The zero-order valence-electron chi connectivity index (χ0n) is 17.1. The molecule has 0 radical (unpaired) electrons. The Kier molecular flexibility index (Phi) is 5.49. The van der Waals surface area contributed by atoms with Gasteiger partial charge in [-0.3, -0.25) is 4.79 Å². The summed E-state index contributed by atoms with van der Waals surface area (Å²) in [6, 6.07) is 11.0. The summed E-state index contributed by atoms with van der Waals surface area (Å²) in [7, 11) is 0. The fourth-order valence-corrected chi connectivity index (χ4v) is 3.85. The van der Waals surface area contributed by atoms with Gasteiger partial charge in [-0.05, 0) is 43.3 Å². The van der Waals surface area contributed by atoms with Gasteiger partial charge in [0.1, 0.15) is 29.3 Å². The minimum Gasteiger partial charge on any atom is -0.459 e. The molecule has 1 aromatic heterocycles. The number of hydrogen-bond donors (Lipinski definition) is 3. The summed E-state index contributed by atoms with van der Waals surface area (Å²) in [5, 5.41) is 15.6. The molecule has 10 heteroatoms. The van der Waals surface area contributed by atoms with Crippen molar-refractivity contribution < 1.29 is 36.7 Å².